The lowest BCUT2D eigenvalue weighted by molar-refractivity contribution is 0.225. The summed E-state index contributed by atoms with van der Waals surface area (Å²) >= 11 is 5.08. The SMILES string of the molecule is S=c1[nH]c2cccc(OC3CCNC3)c2[nH]1. The van der Waals surface area contributed by atoms with Gasteiger partial charge in [-0.05, 0) is 37.3 Å². The fourth-order valence-electron chi connectivity index (χ4n) is 2.04. The van der Waals surface area contributed by atoms with Crippen molar-refractivity contribution in [2.75, 3.05) is 13.1 Å². The van der Waals surface area contributed by atoms with Crippen LogP contribution in [0.15, 0.2) is 18.2 Å². The third-order valence-corrected chi connectivity index (χ3v) is 3.03. The number of fused-ring (bicyclic) bond motifs is 1. The molecule has 0 spiro atoms. The summed E-state index contributed by atoms with van der Waals surface area (Å²) in [6.45, 7) is 1.95. The van der Waals surface area contributed by atoms with Gasteiger partial charge in [0.1, 0.15) is 17.4 Å². The molecule has 0 aliphatic carbocycles. The Hall–Kier alpha value is -1.33. The van der Waals surface area contributed by atoms with Gasteiger partial charge in [-0.15, -0.1) is 0 Å². The molecule has 3 rings (SSSR count). The van der Waals surface area contributed by atoms with Gasteiger partial charge in [0.15, 0.2) is 4.77 Å². The van der Waals surface area contributed by atoms with Crippen molar-refractivity contribution in [1.82, 2.24) is 15.3 Å². The fourth-order valence-corrected chi connectivity index (χ4v) is 2.25. The molecule has 2 aromatic rings. The highest BCUT2D eigenvalue weighted by Crippen LogP contribution is 2.24. The Morgan fingerprint density at radius 3 is 3.06 bits per heavy atom. The second kappa shape index (κ2) is 3.92. The van der Waals surface area contributed by atoms with Gasteiger partial charge in [-0.3, -0.25) is 0 Å². The summed E-state index contributed by atoms with van der Waals surface area (Å²) in [6, 6.07) is 5.93. The second-order valence-corrected chi connectivity index (χ2v) is 4.40. The third-order valence-electron chi connectivity index (χ3n) is 2.82. The first-order chi connectivity index (χ1) is 7.83. The number of hydrogen-bond donors (Lipinski definition) is 3. The Morgan fingerprint density at radius 1 is 1.31 bits per heavy atom. The Labute approximate surface area is 98.0 Å². The summed E-state index contributed by atoms with van der Waals surface area (Å²) in [4.78, 5) is 6.20. The maximum atomic E-state index is 5.94. The molecule has 1 aromatic heterocycles. The smallest absolute Gasteiger partial charge is 0.175 e. The van der Waals surface area contributed by atoms with E-state index < -0.39 is 0 Å². The molecular formula is C11H13N3OS. The molecule has 1 aliphatic heterocycles. The summed E-state index contributed by atoms with van der Waals surface area (Å²) < 4.78 is 6.58. The monoisotopic (exact) mass is 235 g/mol. The van der Waals surface area contributed by atoms with Crippen LogP contribution in [0.5, 0.6) is 5.75 Å². The highest BCUT2D eigenvalue weighted by molar-refractivity contribution is 7.71. The largest absolute Gasteiger partial charge is 0.487 e. The number of H-pyrrole nitrogens is 2. The lowest BCUT2D eigenvalue weighted by Crippen LogP contribution is -2.19. The van der Waals surface area contributed by atoms with E-state index in [1.165, 1.54) is 0 Å². The van der Waals surface area contributed by atoms with Crippen molar-refractivity contribution in [3.8, 4) is 5.75 Å². The van der Waals surface area contributed by atoms with Crippen LogP contribution >= 0.6 is 12.2 Å². The van der Waals surface area contributed by atoms with Gasteiger partial charge in [-0.1, -0.05) is 6.07 Å². The lowest BCUT2D eigenvalue weighted by Gasteiger charge is -2.12. The molecule has 1 unspecified atom stereocenters. The van der Waals surface area contributed by atoms with Gasteiger partial charge in [0.25, 0.3) is 0 Å². The second-order valence-electron chi connectivity index (χ2n) is 3.99. The van der Waals surface area contributed by atoms with E-state index >= 15 is 0 Å². The van der Waals surface area contributed by atoms with Crippen molar-refractivity contribution in [2.24, 2.45) is 0 Å². The summed E-state index contributed by atoms with van der Waals surface area (Å²) in [5.74, 6) is 0.874. The molecule has 2 heterocycles. The van der Waals surface area contributed by atoms with Crippen molar-refractivity contribution in [2.45, 2.75) is 12.5 Å². The molecule has 1 fully saturated rings. The van der Waals surface area contributed by atoms with E-state index in [0.29, 0.717) is 4.77 Å². The summed E-state index contributed by atoms with van der Waals surface area (Å²) in [5.41, 5.74) is 1.95. The molecule has 3 N–H and O–H groups in total. The van der Waals surface area contributed by atoms with E-state index in [0.717, 1.165) is 36.3 Å². The summed E-state index contributed by atoms with van der Waals surface area (Å²) in [6.07, 6.45) is 1.32. The van der Waals surface area contributed by atoms with Crippen LogP contribution < -0.4 is 10.1 Å². The van der Waals surface area contributed by atoms with Crippen LogP contribution in [0.25, 0.3) is 11.0 Å². The molecule has 1 atom stereocenters. The molecule has 5 heteroatoms. The van der Waals surface area contributed by atoms with E-state index in [2.05, 4.69) is 15.3 Å². The van der Waals surface area contributed by atoms with Crippen LogP contribution in [0.1, 0.15) is 6.42 Å². The average Bonchev–Trinajstić information content (AvgIpc) is 2.86. The fraction of sp³-hybridized carbons (Fsp3) is 0.364. The predicted molar refractivity (Wildman–Crippen MR) is 65.4 cm³/mol. The number of aromatic nitrogens is 2. The zero-order valence-corrected chi connectivity index (χ0v) is 9.56. The average molecular weight is 235 g/mol. The van der Waals surface area contributed by atoms with E-state index in [1.54, 1.807) is 0 Å². The first-order valence-electron chi connectivity index (χ1n) is 5.41. The molecule has 0 radical (unpaired) electrons. The van der Waals surface area contributed by atoms with Crippen molar-refractivity contribution >= 4 is 23.3 Å². The van der Waals surface area contributed by atoms with Crippen LogP contribution in [0.2, 0.25) is 0 Å². The first-order valence-corrected chi connectivity index (χ1v) is 5.82. The van der Waals surface area contributed by atoms with Gasteiger partial charge >= 0.3 is 0 Å². The molecule has 0 amide bonds. The number of imidazole rings is 1. The highest BCUT2D eigenvalue weighted by atomic mass is 32.1. The number of rotatable bonds is 2. The normalized spacial score (nSPS) is 20.4. The molecule has 0 saturated carbocycles. The lowest BCUT2D eigenvalue weighted by atomic mass is 10.2. The number of benzene rings is 1. The Kier molecular flexibility index (Phi) is 2.41. The highest BCUT2D eigenvalue weighted by Gasteiger charge is 2.17. The van der Waals surface area contributed by atoms with Crippen LogP contribution in [-0.4, -0.2) is 29.2 Å². The molecule has 1 aromatic carbocycles. The third kappa shape index (κ3) is 1.72. The molecular weight excluding hydrogens is 222 g/mol. The van der Waals surface area contributed by atoms with Gasteiger partial charge in [-0.2, -0.15) is 0 Å². The van der Waals surface area contributed by atoms with Crippen LogP contribution in [-0.2, 0) is 0 Å². The number of nitrogens with one attached hydrogen (secondary N) is 3. The minimum atomic E-state index is 0.266. The van der Waals surface area contributed by atoms with Crippen LogP contribution in [0, 0.1) is 4.77 Å². The predicted octanol–water partition coefficient (Wildman–Crippen LogP) is 1.97. The summed E-state index contributed by atoms with van der Waals surface area (Å²) in [5, 5.41) is 3.28. The zero-order chi connectivity index (χ0) is 11.0. The van der Waals surface area contributed by atoms with Gasteiger partial charge in [0, 0.05) is 6.54 Å². The van der Waals surface area contributed by atoms with E-state index in [1.807, 2.05) is 18.2 Å². The number of aromatic amines is 2. The van der Waals surface area contributed by atoms with Crippen molar-refractivity contribution in [3.63, 3.8) is 0 Å². The molecule has 4 nitrogen and oxygen atoms in total. The molecule has 0 bridgehead atoms. The van der Waals surface area contributed by atoms with Gasteiger partial charge < -0.3 is 20.0 Å². The minimum absolute atomic E-state index is 0.266. The topological polar surface area (TPSA) is 52.8 Å². The van der Waals surface area contributed by atoms with Crippen molar-refractivity contribution in [3.05, 3.63) is 23.0 Å². The Morgan fingerprint density at radius 2 is 2.25 bits per heavy atom. The summed E-state index contributed by atoms with van der Waals surface area (Å²) in [7, 11) is 0. The quantitative estimate of drug-likeness (QED) is 0.697. The zero-order valence-electron chi connectivity index (χ0n) is 8.75. The number of para-hydroxylation sites is 1. The molecule has 84 valence electrons. The van der Waals surface area contributed by atoms with E-state index in [-0.39, 0.29) is 6.10 Å². The molecule has 16 heavy (non-hydrogen) atoms. The Balaban J connectivity index is 1.98. The molecule has 1 saturated heterocycles. The van der Waals surface area contributed by atoms with Crippen LogP contribution in [0.3, 0.4) is 0 Å². The van der Waals surface area contributed by atoms with Gasteiger partial charge in [0.05, 0.1) is 5.52 Å². The van der Waals surface area contributed by atoms with E-state index in [4.69, 9.17) is 17.0 Å². The number of ether oxygens (including phenoxy) is 1. The Bertz CT molecular complexity index is 554. The minimum Gasteiger partial charge on any atom is -0.487 e. The van der Waals surface area contributed by atoms with Crippen LogP contribution in [0.4, 0.5) is 0 Å². The number of hydrogen-bond acceptors (Lipinski definition) is 3. The van der Waals surface area contributed by atoms with Gasteiger partial charge in [0.2, 0.25) is 0 Å². The van der Waals surface area contributed by atoms with Crippen molar-refractivity contribution < 1.29 is 4.74 Å². The standard InChI is InChI=1S/C11H13N3OS/c16-11-13-8-2-1-3-9(10(8)14-11)15-7-4-5-12-6-7/h1-3,7,12H,4-6H2,(H2,13,14,16). The first kappa shape index (κ1) is 9.86. The van der Waals surface area contributed by atoms with Crippen molar-refractivity contribution in [1.29, 1.82) is 0 Å². The van der Waals surface area contributed by atoms with E-state index in [9.17, 15) is 0 Å². The maximum Gasteiger partial charge on any atom is 0.175 e. The van der Waals surface area contributed by atoms with Gasteiger partial charge in [-0.25, -0.2) is 0 Å². The molecule has 1 aliphatic rings. The maximum absolute atomic E-state index is 5.94.